The average Bonchev–Trinajstić information content (AvgIpc) is 3.16. The van der Waals surface area contributed by atoms with Crippen molar-refractivity contribution in [3.8, 4) is 10.8 Å². The highest BCUT2D eigenvalue weighted by atomic mass is 32.2. The van der Waals surface area contributed by atoms with E-state index in [1.165, 1.54) is 11.3 Å². The average molecular weight is 334 g/mol. The van der Waals surface area contributed by atoms with Gasteiger partial charge in [-0.15, -0.1) is 11.3 Å². The normalized spacial score (nSPS) is 11.7. The molecule has 0 spiro atoms. The van der Waals surface area contributed by atoms with E-state index in [2.05, 4.69) is 9.71 Å². The summed E-state index contributed by atoms with van der Waals surface area (Å²) >= 11 is 1.42. The van der Waals surface area contributed by atoms with Crippen molar-refractivity contribution < 1.29 is 12.8 Å². The van der Waals surface area contributed by atoms with Gasteiger partial charge in [-0.25, -0.2) is 18.1 Å². The van der Waals surface area contributed by atoms with Gasteiger partial charge in [-0.05, 0) is 31.2 Å². The molecule has 2 aromatic heterocycles. The third-order valence-electron chi connectivity index (χ3n) is 3.10. The number of benzene rings is 1. The number of furan rings is 1. The zero-order chi connectivity index (χ0) is 15.6. The third kappa shape index (κ3) is 3.11. The van der Waals surface area contributed by atoms with Crippen LogP contribution in [0.4, 0.5) is 0 Å². The summed E-state index contributed by atoms with van der Waals surface area (Å²) in [4.78, 5) is 5.54. The van der Waals surface area contributed by atoms with Crippen molar-refractivity contribution in [2.24, 2.45) is 0 Å². The second kappa shape index (κ2) is 6.04. The van der Waals surface area contributed by atoms with Crippen LogP contribution in [0, 0.1) is 6.92 Å². The molecule has 5 nitrogen and oxygen atoms in total. The van der Waals surface area contributed by atoms with Gasteiger partial charge < -0.3 is 4.42 Å². The number of aromatic nitrogens is 1. The summed E-state index contributed by atoms with van der Waals surface area (Å²) in [6.07, 6.45) is 1.59. The lowest BCUT2D eigenvalue weighted by Crippen LogP contribution is -2.23. The predicted molar refractivity (Wildman–Crippen MR) is 85.0 cm³/mol. The molecule has 0 bridgehead atoms. The number of nitrogens with zero attached hydrogens (tertiary/aromatic N) is 1. The first-order chi connectivity index (χ1) is 10.6. The molecule has 1 N–H and O–H groups in total. The number of rotatable bonds is 5. The second-order valence-corrected chi connectivity index (χ2v) is 7.49. The second-order valence-electron chi connectivity index (χ2n) is 4.64. The van der Waals surface area contributed by atoms with E-state index in [1.54, 1.807) is 42.7 Å². The largest absolute Gasteiger partial charge is 0.462 e. The Labute approximate surface area is 132 Å². The number of sulfonamides is 1. The molecule has 0 aliphatic heterocycles. The van der Waals surface area contributed by atoms with E-state index >= 15 is 0 Å². The summed E-state index contributed by atoms with van der Waals surface area (Å²) in [6.45, 7) is 2.07. The van der Waals surface area contributed by atoms with E-state index in [9.17, 15) is 8.42 Å². The molecule has 0 radical (unpaired) electrons. The van der Waals surface area contributed by atoms with Crippen LogP contribution in [0.5, 0.6) is 0 Å². The number of hydrogen-bond acceptors (Lipinski definition) is 5. The van der Waals surface area contributed by atoms with Crippen molar-refractivity contribution in [1.29, 1.82) is 0 Å². The zero-order valence-corrected chi connectivity index (χ0v) is 13.4. The quantitative estimate of drug-likeness (QED) is 0.778. The highest BCUT2D eigenvalue weighted by Gasteiger charge is 2.16. The fourth-order valence-corrected chi connectivity index (χ4v) is 4.02. The molecule has 2 heterocycles. The van der Waals surface area contributed by atoms with E-state index in [-0.39, 0.29) is 11.4 Å². The highest BCUT2D eigenvalue weighted by molar-refractivity contribution is 7.89. The topological polar surface area (TPSA) is 72.2 Å². The van der Waals surface area contributed by atoms with Gasteiger partial charge in [0, 0.05) is 11.4 Å². The Balaban J connectivity index is 1.77. The molecule has 1 aromatic carbocycles. The van der Waals surface area contributed by atoms with E-state index in [0.29, 0.717) is 5.76 Å². The van der Waals surface area contributed by atoms with Crippen LogP contribution < -0.4 is 4.72 Å². The molecule has 0 fully saturated rings. The van der Waals surface area contributed by atoms with Gasteiger partial charge in [0.15, 0.2) is 10.8 Å². The fourth-order valence-electron chi connectivity index (χ4n) is 1.94. The van der Waals surface area contributed by atoms with Crippen LogP contribution in [-0.4, -0.2) is 13.4 Å². The molecule has 0 saturated heterocycles. The van der Waals surface area contributed by atoms with Crippen LogP contribution in [-0.2, 0) is 16.6 Å². The first-order valence-corrected chi connectivity index (χ1v) is 8.91. The Morgan fingerprint density at radius 2 is 1.95 bits per heavy atom. The monoisotopic (exact) mass is 334 g/mol. The molecule has 0 saturated carbocycles. The first-order valence-electron chi connectivity index (χ1n) is 6.61. The minimum Gasteiger partial charge on any atom is -0.462 e. The standard InChI is InChI=1S/C15H14N2O3S2/c1-11-14(21-15(17-11)13-8-5-9-20-13)10-16-22(18,19)12-6-3-2-4-7-12/h2-9,16H,10H2,1H3. The minimum absolute atomic E-state index is 0.210. The van der Waals surface area contributed by atoms with Gasteiger partial charge in [-0.2, -0.15) is 0 Å². The van der Waals surface area contributed by atoms with Crippen LogP contribution in [0.1, 0.15) is 10.6 Å². The maximum absolute atomic E-state index is 12.2. The van der Waals surface area contributed by atoms with Crippen LogP contribution in [0.15, 0.2) is 58.0 Å². The van der Waals surface area contributed by atoms with Crippen LogP contribution in [0.25, 0.3) is 10.8 Å². The maximum atomic E-state index is 12.2. The summed E-state index contributed by atoms with van der Waals surface area (Å²) in [5, 5.41) is 0.747. The number of aryl methyl sites for hydroxylation is 1. The first kappa shape index (κ1) is 15.0. The van der Waals surface area contributed by atoms with E-state index in [4.69, 9.17) is 4.42 Å². The minimum atomic E-state index is -3.51. The lowest BCUT2D eigenvalue weighted by molar-refractivity contribution is 0.580. The molecule has 3 aromatic rings. The van der Waals surface area contributed by atoms with Crippen molar-refractivity contribution in [2.75, 3.05) is 0 Å². The number of hydrogen-bond donors (Lipinski definition) is 1. The highest BCUT2D eigenvalue weighted by Crippen LogP contribution is 2.28. The van der Waals surface area contributed by atoms with E-state index in [0.717, 1.165) is 15.6 Å². The lowest BCUT2D eigenvalue weighted by Gasteiger charge is -2.05. The van der Waals surface area contributed by atoms with Crippen molar-refractivity contribution in [3.05, 3.63) is 59.3 Å². The van der Waals surface area contributed by atoms with Gasteiger partial charge in [0.25, 0.3) is 0 Å². The van der Waals surface area contributed by atoms with Gasteiger partial charge in [-0.3, -0.25) is 0 Å². The Hall–Kier alpha value is -1.96. The van der Waals surface area contributed by atoms with Gasteiger partial charge in [0.1, 0.15) is 0 Å². The van der Waals surface area contributed by atoms with Crippen LogP contribution >= 0.6 is 11.3 Å². The number of thiazole rings is 1. The van der Waals surface area contributed by atoms with Gasteiger partial charge in [0.2, 0.25) is 10.0 Å². The Bertz CT molecular complexity index is 854. The molecule has 22 heavy (non-hydrogen) atoms. The van der Waals surface area contributed by atoms with Crippen LogP contribution in [0.3, 0.4) is 0 Å². The Kier molecular flexibility index (Phi) is 4.10. The molecule has 0 unspecified atom stereocenters. The summed E-state index contributed by atoms with van der Waals surface area (Å²) < 4.78 is 32.3. The molecule has 0 atom stereocenters. The number of nitrogens with one attached hydrogen (secondary N) is 1. The molecule has 3 rings (SSSR count). The lowest BCUT2D eigenvalue weighted by atomic mass is 10.4. The van der Waals surface area contributed by atoms with Crippen molar-refractivity contribution in [3.63, 3.8) is 0 Å². The Morgan fingerprint density at radius 1 is 1.18 bits per heavy atom. The molecule has 0 aliphatic carbocycles. The van der Waals surface area contributed by atoms with Crippen LogP contribution in [0.2, 0.25) is 0 Å². The van der Waals surface area contributed by atoms with Gasteiger partial charge in [0.05, 0.1) is 16.9 Å². The zero-order valence-electron chi connectivity index (χ0n) is 11.8. The third-order valence-corrected chi connectivity index (χ3v) is 5.69. The summed E-state index contributed by atoms with van der Waals surface area (Å²) in [5.41, 5.74) is 0.798. The maximum Gasteiger partial charge on any atom is 0.240 e. The Morgan fingerprint density at radius 3 is 2.64 bits per heavy atom. The van der Waals surface area contributed by atoms with Gasteiger partial charge >= 0.3 is 0 Å². The smallest absolute Gasteiger partial charge is 0.240 e. The van der Waals surface area contributed by atoms with Gasteiger partial charge in [-0.1, -0.05) is 18.2 Å². The van der Waals surface area contributed by atoms with Crippen molar-refractivity contribution in [1.82, 2.24) is 9.71 Å². The molecule has 7 heteroatoms. The molecule has 114 valence electrons. The summed E-state index contributed by atoms with van der Waals surface area (Å²) in [6, 6.07) is 11.9. The fraction of sp³-hybridized carbons (Fsp3) is 0.133. The molecule has 0 amide bonds. The van der Waals surface area contributed by atoms with Crippen molar-refractivity contribution >= 4 is 21.4 Å². The summed E-state index contributed by atoms with van der Waals surface area (Å²) in [7, 11) is -3.51. The summed E-state index contributed by atoms with van der Waals surface area (Å²) in [5.74, 6) is 0.685. The van der Waals surface area contributed by atoms with E-state index < -0.39 is 10.0 Å². The predicted octanol–water partition coefficient (Wildman–Crippen LogP) is 3.19. The SMILES string of the molecule is Cc1nc(-c2ccco2)sc1CNS(=O)(=O)c1ccccc1. The van der Waals surface area contributed by atoms with E-state index in [1.807, 2.05) is 13.0 Å². The van der Waals surface area contributed by atoms with Crippen molar-refractivity contribution in [2.45, 2.75) is 18.4 Å². The molecule has 0 aliphatic rings. The molecular formula is C15H14N2O3S2. The molecular weight excluding hydrogens is 320 g/mol.